The van der Waals surface area contributed by atoms with Crippen LogP contribution in [0.3, 0.4) is 0 Å². The lowest BCUT2D eigenvalue weighted by Crippen LogP contribution is -2.00. The number of allylic oxidation sites excluding steroid dienone is 2. The van der Waals surface area contributed by atoms with Gasteiger partial charge in [-0.15, -0.1) is 0 Å². The highest BCUT2D eigenvalue weighted by molar-refractivity contribution is 5.80. The number of nitrogens with zero attached hydrogens (tertiary/aromatic N) is 5. The Morgan fingerprint density at radius 1 is 1.25 bits per heavy atom. The van der Waals surface area contributed by atoms with Crippen LogP contribution in [0.1, 0.15) is 6.92 Å². The smallest absolute Gasteiger partial charge is 0.163 e. The summed E-state index contributed by atoms with van der Waals surface area (Å²) < 4.78 is 2.00. The van der Waals surface area contributed by atoms with Crippen LogP contribution in [-0.4, -0.2) is 9.55 Å². The number of anilines is 1. The highest BCUT2D eigenvalue weighted by Gasteiger charge is 2.07. The van der Waals surface area contributed by atoms with Gasteiger partial charge in [-0.2, -0.15) is 15.8 Å². The molecule has 0 radical (unpaired) electrons. The van der Waals surface area contributed by atoms with Crippen LogP contribution in [0.5, 0.6) is 0 Å². The second-order valence-corrected chi connectivity index (χ2v) is 3.94. The number of nitrogens with one attached hydrogen (secondary N) is 1. The second kappa shape index (κ2) is 5.56. The van der Waals surface area contributed by atoms with Gasteiger partial charge < -0.3 is 9.88 Å². The molecule has 0 fully saturated rings. The number of benzene rings is 1. The molecule has 1 N–H and O–H groups in total. The first-order valence-corrected chi connectivity index (χ1v) is 5.90. The number of imidazole rings is 1. The molecule has 0 unspecified atom stereocenters. The zero-order valence-corrected chi connectivity index (χ0v) is 10.8. The van der Waals surface area contributed by atoms with E-state index in [9.17, 15) is 0 Å². The molecule has 1 aromatic heterocycles. The average molecular weight is 262 g/mol. The molecule has 0 aliphatic rings. The van der Waals surface area contributed by atoms with Crippen LogP contribution in [0, 0.1) is 34.0 Å². The molecule has 0 spiro atoms. The molecular formula is C14H10N6. The normalized spacial score (nSPS) is 9.30. The van der Waals surface area contributed by atoms with E-state index in [-0.39, 0.29) is 11.3 Å². The molecule has 6 nitrogen and oxygen atoms in total. The highest BCUT2D eigenvalue weighted by Crippen LogP contribution is 2.20. The molecule has 0 atom stereocenters. The van der Waals surface area contributed by atoms with Crippen LogP contribution in [-0.2, 0) is 6.54 Å². The van der Waals surface area contributed by atoms with Gasteiger partial charge in [-0.25, -0.2) is 4.98 Å². The van der Waals surface area contributed by atoms with E-state index in [0.29, 0.717) is 5.69 Å². The van der Waals surface area contributed by atoms with Gasteiger partial charge in [-0.1, -0.05) is 0 Å². The van der Waals surface area contributed by atoms with E-state index in [4.69, 9.17) is 15.8 Å². The van der Waals surface area contributed by atoms with Crippen LogP contribution < -0.4 is 5.32 Å². The summed E-state index contributed by atoms with van der Waals surface area (Å²) in [6, 6.07) is 10.6. The molecule has 2 aromatic rings. The molecule has 0 amide bonds. The zero-order chi connectivity index (χ0) is 14.5. The monoisotopic (exact) mass is 262 g/mol. The standard InChI is InChI=1S/C14H10N6/c1-2-20-9-18-12-5-11(3-4-14(12)20)19-13(8-17)10(6-15)7-16/h3-5,9,19H,2H2,1H3. The third kappa shape index (κ3) is 2.29. The van der Waals surface area contributed by atoms with Crippen LogP contribution in [0.2, 0.25) is 0 Å². The minimum absolute atomic E-state index is 0.0655. The molecule has 0 aliphatic carbocycles. The molecule has 20 heavy (non-hydrogen) atoms. The lowest BCUT2D eigenvalue weighted by Gasteiger charge is -2.05. The largest absolute Gasteiger partial charge is 0.345 e. The van der Waals surface area contributed by atoms with Gasteiger partial charge in [0, 0.05) is 12.2 Å². The first-order valence-electron chi connectivity index (χ1n) is 5.90. The van der Waals surface area contributed by atoms with Crippen molar-refractivity contribution in [2.45, 2.75) is 13.5 Å². The number of nitriles is 3. The Kier molecular flexibility index (Phi) is 3.65. The highest BCUT2D eigenvalue weighted by atomic mass is 15.0. The number of aryl methyl sites for hydroxylation is 1. The van der Waals surface area contributed by atoms with Crippen LogP contribution in [0.4, 0.5) is 5.69 Å². The Balaban J connectivity index is 2.41. The molecule has 96 valence electrons. The zero-order valence-electron chi connectivity index (χ0n) is 10.8. The summed E-state index contributed by atoms with van der Waals surface area (Å²) >= 11 is 0. The second-order valence-electron chi connectivity index (χ2n) is 3.94. The van der Waals surface area contributed by atoms with E-state index in [1.165, 1.54) is 0 Å². The fourth-order valence-electron chi connectivity index (χ4n) is 1.82. The van der Waals surface area contributed by atoms with Crippen LogP contribution in [0.15, 0.2) is 35.8 Å². The third-order valence-corrected chi connectivity index (χ3v) is 2.82. The Morgan fingerprint density at radius 3 is 2.60 bits per heavy atom. The van der Waals surface area contributed by atoms with Crippen molar-refractivity contribution < 1.29 is 0 Å². The fourth-order valence-corrected chi connectivity index (χ4v) is 1.82. The maximum atomic E-state index is 8.98. The molecule has 1 aromatic carbocycles. The molecule has 2 rings (SSSR count). The van der Waals surface area contributed by atoms with Crippen molar-refractivity contribution >= 4 is 16.7 Å². The van der Waals surface area contributed by atoms with Crippen LogP contribution in [0.25, 0.3) is 11.0 Å². The van der Waals surface area contributed by atoms with Gasteiger partial charge in [0.1, 0.15) is 23.9 Å². The Bertz CT molecular complexity index is 791. The Labute approximate surface area is 115 Å². The first-order chi connectivity index (χ1) is 9.73. The minimum Gasteiger partial charge on any atom is -0.345 e. The van der Waals surface area contributed by atoms with Gasteiger partial charge in [0.2, 0.25) is 0 Å². The summed E-state index contributed by atoms with van der Waals surface area (Å²) in [5.74, 6) is 0. The quantitative estimate of drug-likeness (QED) is 0.855. The number of rotatable bonds is 3. The summed E-state index contributed by atoms with van der Waals surface area (Å²) in [6.45, 7) is 2.84. The predicted octanol–water partition coefficient (Wildman–Crippen LogP) is 2.29. The number of hydrogen-bond acceptors (Lipinski definition) is 5. The molecule has 6 heteroatoms. The topological polar surface area (TPSA) is 101 Å². The number of hydrogen-bond donors (Lipinski definition) is 1. The van der Waals surface area contributed by atoms with Gasteiger partial charge >= 0.3 is 0 Å². The molecular weight excluding hydrogens is 252 g/mol. The van der Waals surface area contributed by atoms with E-state index in [2.05, 4.69) is 10.3 Å². The molecule has 0 saturated carbocycles. The third-order valence-electron chi connectivity index (χ3n) is 2.82. The van der Waals surface area contributed by atoms with Crippen molar-refractivity contribution in [1.82, 2.24) is 9.55 Å². The van der Waals surface area contributed by atoms with E-state index < -0.39 is 0 Å². The van der Waals surface area contributed by atoms with E-state index in [0.717, 1.165) is 17.6 Å². The van der Waals surface area contributed by atoms with Gasteiger partial charge in [-0.05, 0) is 25.1 Å². The summed E-state index contributed by atoms with van der Waals surface area (Å²) in [5, 5.41) is 29.3. The fraction of sp³-hybridized carbons (Fsp3) is 0.143. The molecule has 0 aliphatic heterocycles. The van der Waals surface area contributed by atoms with Crippen molar-refractivity contribution in [3.63, 3.8) is 0 Å². The Hall–Kier alpha value is -3.30. The van der Waals surface area contributed by atoms with Crippen molar-refractivity contribution in [3.05, 3.63) is 35.8 Å². The number of aromatic nitrogens is 2. The number of fused-ring (bicyclic) bond motifs is 1. The van der Waals surface area contributed by atoms with Gasteiger partial charge in [0.15, 0.2) is 5.57 Å². The average Bonchev–Trinajstić information content (AvgIpc) is 2.89. The van der Waals surface area contributed by atoms with Crippen molar-refractivity contribution in [3.8, 4) is 18.2 Å². The Morgan fingerprint density at radius 2 is 2.00 bits per heavy atom. The maximum absolute atomic E-state index is 8.98. The van der Waals surface area contributed by atoms with Crippen molar-refractivity contribution in [2.24, 2.45) is 0 Å². The molecule has 0 saturated heterocycles. The van der Waals surface area contributed by atoms with Crippen molar-refractivity contribution in [1.29, 1.82) is 15.8 Å². The van der Waals surface area contributed by atoms with Gasteiger partial charge in [0.05, 0.1) is 17.4 Å². The van der Waals surface area contributed by atoms with Gasteiger partial charge in [-0.3, -0.25) is 0 Å². The SMILES string of the molecule is CCn1cnc2cc(NC(C#N)=C(C#N)C#N)ccc21. The first kappa shape index (κ1) is 13.1. The molecule has 0 bridgehead atoms. The summed E-state index contributed by atoms with van der Waals surface area (Å²) in [7, 11) is 0. The van der Waals surface area contributed by atoms with Crippen molar-refractivity contribution in [2.75, 3.05) is 5.32 Å². The van der Waals surface area contributed by atoms with E-state index in [1.807, 2.05) is 23.6 Å². The molecule has 1 heterocycles. The lowest BCUT2D eigenvalue weighted by atomic mass is 10.2. The summed E-state index contributed by atoms with van der Waals surface area (Å²) in [6.07, 6.45) is 1.74. The van der Waals surface area contributed by atoms with E-state index in [1.54, 1.807) is 30.6 Å². The maximum Gasteiger partial charge on any atom is 0.163 e. The predicted molar refractivity (Wildman–Crippen MR) is 72.9 cm³/mol. The van der Waals surface area contributed by atoms with Gasteiger partial charge in [0.25, 0.3) is 0 Å². The van der Waals surface area contributed by atoms with Crippen LogP contribution >= 0.6 is 0 Å². The summed E-state index contributed by atoms with van der Waals surface area (Å²) in [5.41, 5.74) is 2.07. The minimum atomic E-state index is -0.244. The lowest BCUT2D eigenvalue weighted by molar-refractivity contribution is 0.787. The summed E-state index contributed by atoms with van der Waals surface area (Å²) in [4.78, 5) is 4.26. The van der Waals surface area contributed by atoms with E-state index >= 15 is 0 Å².